The maximum Gasteiger partial charge on any atom is 0.122 e. The lowest BCUT2D eigenvalue weighted by molar-refractivity contribution is 0.301. The third-order valence-corrected chi connectivity index (χ3v) is 4.08. The lowest BCUT2D eigenvalue weighted by Crippen LogP contribution is -2.13. The molecule has 0 saturated heterocycles. The topological polar surface area (TPSA) is 21.3 Å². The summed E-state index contributed by atoms with van der Waals surface area (Å²) >= 11 is 6.15. The second-order valence-electron chi connectivity index (χ2n) is 5.32. The van der Waals surface area contributed by atoms with Crippen LogP contribution in [-0.2, 0) is 0 Å². The van der Waals surface area contributed by atoms with Crippen LogP contribution in [0.2, 0.25) is 5.02 Å². The first-order chi connectivity index (χ1) is 9.31. The minimum atomic E-state index is 0.631. The van der Waals surface area contributed by atoms with Gasteiger partial charge in [-0.25, -0.2) is 0 Å². The molecule has 106 valence electrons. The molecule has 0 heterocycles. The predicted molar refractivity (Wildman–Crippen MR) is 81.3 cm³/mol. The van der Waals surface area contributed by atoms with Gasteiger partial charge in [-0.2, -0.15) is 0 Å². The van der Waals surface area contributed by atoms with Gasteiger partial charge < -0.3 is 10.1 Å². The van der Waals surface area contributed by atoms with E-state index in [1.165, 1.54) is 37.7 Å². The predicted octanol–water partition coefficient (Wildman–Crippen LogP) is 4.38. The molecule has 0 spiro atoms. The molecule has 0 bridgehead atoms. The van der Waals surface area contributed by atoms with Crippen molar-refractivity contribution in [3.8, 4) is 5.75 Å². The fraction of sp³-hybridized carbons (Fsp3) is 0.625. The van der Waals surface area contributed by atoms with Crippen LogP contribution in [0.15, 0.2) is 18.2 Å². The molecule has 19 heavy (non-hydrogen) atoms. The fourth-order valence-electron chi connectivity index (χ4n) is 2.81. The Bertz CT molecular complexity index is 388. The molecule has 1 aromatic rings. The van der Waals surface area contributed by atoms with E-state index in [-0.39, 0.29) is 0 Å². The Hall–Kier alpha value is -0.730. The Balaban J connectivity index is 2.03. The summed E-state index contributed by atoms with van der Waals surface area (Å²) in [6.45, 7) is 1.76. The fourth-order valence-corrected chi connectivity index (χ4v) is 3.00. The van der Waals surface area contributed by atoms with Crippen molar-refractivity contribution >= 4 is 11.6 Å². The summed E-state index contributed by atoms with van der Waals surface area (Å²) < 4.78 is 5.95. The van der Waals surface area contributed by atoms with Crippen molar-refractivity contribution in [2.45, 2.75) is 44.4 Å². The smallest absolute Gasteiger partial charge is 0.122 e. The van der Waals surface area contributed by atoms with E-state index in [4.69, 9.17) is 16.3 Å². The maximum atomic E-state index is 6.15. The van der Waals surface area contributed by atoms with Gasteiger partial charge in [-0.3, -0.25) is 0 Å². The van der Waals surface area contributed by atoms with Gasteiger partial charge >= 0.3 is 0 Å². The molecule has 1 fully saturated rings. The minimum absolute atomic E-state index is 0.631. The van der Waals surface area contributed by atoms with Crippen molar-refractivity contribution in [3.05, 3.63) is 28.8 Å². The highest BCUT2D eigenvalue weighted by Gasteiger charge is 2.19. The van der Waals surface area contributed by atoms with Gasteiger partial charge in [-0.1, -0.05) is 30.9 Å². The number of ether oxygens (including phenoxy) is 1. The van der Waals surface area contributed by atoms with Crippen LogP contribution in [0.25, 0.3) is 0 Å². The monoisotopic (exact) mass is 281 g/mol. The highest BCUT2D eigenvalue weighted by atomic mass is 35.5. The van der Waals surface area contributed by atoms with Crippen molar-refractivity contribution in [2.75, 3.05) is 20.2 Å². The van der Waals surface area contributed by atoms with E-state index < -0.39 is 0 Å². The number of rotatable bonds is 6. The molecule has 0 aliphatic heterocycles. The third kappa shape index (κ3) is 4.39. The Labute approximate surface area is 121 Å². The Morgan fingerprint density at radius 3 is 2.79 bits per heavy atom. The third-order valence-electron chi connectivity index (χ3n) is 3.85. The summed E-state index contributed by atoms with van der Waals surface area (Å²) in [6, 6.07) is 6.07. The largest absolute Gasteiger partial charge is 0.493 e. The SMILES string of the molecule is CNCCCOc1ccc(Cl)cc1C1CCCCC1. The van der Waals surface area contributed by atoms with E-state index >= 15 is 0 Å². The summed E-state index contributed by atoms with van der Waals surface area (Å²) in [6.07, 6.45) is 7.60. The van der Waals surface area contributed by atoms with Crippen molar-refractivity contribution in [2.24, 2.45) is 0 Å². The second-order valence-corrected chi connectivity index (χ2v) is 5.76. The van der Waals surface area contributed by atoms with Crippen LogP contribution in [-0.4, -0.2) is 20.2 Å². The average Bonchev–Trinajstić information content (AvgIpc) is 2.46. The molecule has 1 aliphatic rings. The molecule has 3 heteroatoms. The standard InChI is InChI=1S/C16H24ClNO/c1-18-10-5-11-19-16-9-8-14(17)12-15(16)13-6-3-2-4-7-13/h8-9,12-13,18H,2-7,10-11H2,1H3. The van der Waals surface area contributed by atoms with Crippen LogP contribution in [0, 0.1) is 0 Å². The average molecular weight is 282 g/mol. The van der Waals surface area contributed by atoms with Crippen LogP contribution in [0.3, 0.4) is 0 Å². The first-order valence-electron chi connectivity index (χ1n) is 7.38. The van der Waals surface area contributed by atoms with Gasteiger partial charge in [0.2, 0.25) is 0 Å². The Morgan fingerprint density at radius 1 is 1.26 bits per heavy atom. The highest BCUT2D eigenvalue weighted by Crippen LogP contribution is 2.38. The van der Waals surface area contributed by atoms with E-state index in [1.807, 2.05) is 19.2 Å². The quantitative estimate of drug-likeness (QED) is 0.782. The zero-order valence-corrected chi connectivity index (χ0v) is 12.5. The Kier molecular flexibility index (Phi) is 5.99. The van der Waals surface area contributed by atoms with Crippen molar-refractivity contribution in [1.82, 2.24) is 5.32 Å². The molecule has 0 radical (unpaired) electrons. The van der Waals surface area contributed by atoms with Gasteiger partial charge in [0.05, 0.1) is 6.61 Å². The van der Waals surface area contributed by atoms with E-state index in [1.54, 1.807) is 0 Å². The second kappa shape index (κ2) is 7.76. The number of hydrogen-bond acceptors (Lipinski definition) is 2. The molecule has 1 N–H and O–H groups in total. The van der Waals surface area contributed by atoms with Crippen LogP contribution in [0.1, 0.15) is 50.0 Å². The number of nitrogens with one attached hydrogen (secondary N) is 1. The molecule has 1 saturated carbocycles. The molecule has 1 aromatic carbocycles. The summed E-state index contributed by atoms with van der Waals surface area (Å²) in [5.74, 6) is 1.67. The lowest BCUT2D eigenvalue weighted by Gasteiger charge is -2.24. The molecular formula is C16H24ClNO. The summed E-state index contributed by atoms with van der Waals surface area (Å²) in [4.78, 5) is 0. The lowest BCUT2D eigenvalue weighted by atomic mass is 9.84. The number of benzene rings is 1. The van der Waals surface area contributed by atoms with E-state index in [2.05, 4.69) is 11.4 Å². The van der Waals surface area contributed by atoms with Gasteiger partial charge in [0.1, 0.15) is 5.75 Å². The summed E-state index contributed by atoms with van der Waals surface area (Å²) in [5, 5.41) is 3.96. The summed E-state index contributed by atoms with van der Waals surface area (Å²) in [5.41, 5.74) is 1.32. The summed E-state index contributed by atoms with van der Waals surface area (Å²) in [7, 11) is 1.97. The van der Waals surface area contributed by atoms with Gasteiger partial charge in [0.25, 0.3) is 0 Å². The maximum absolute atomic E-state index is 6.15. The number of hydrogen-bond donors (Lipinski definition) is 1. The molecule has 1 aliphatic carbocycles. The molecule has 2 rings (SSSR count). The molecule has 0 aromatic heterocycles. The number of halogens is 1. The Morgan fingerprint density at radius 2 is 2.05 bits per heavy atom. The van der Waals surface area contributed by atoms with Crippen LogP contribution in [0.4, 0.5) is 0 Å². The van der Waals surface area contributed by atoms with E-state index in [0.717, 1.165) is 30.3 Å². The van der Waals surface area contributed by atoms with Gasteiger partial charge in [0.15, 0.2) is 0 Å². The zero-order valence-electron chi connectivity index (χ0n) is 11.8. The molecule has 0 atom stereocenters. The van der Waals surface area contributed by atoms with E-state index in [9.17, 15) is 0 Å². The van der Waals surface area contributed by atoms with Crippen molar-refractivity contribution in [3.63, 3.8) is 0 Å². The normalized spacial score (nSPS) is 16.5. The van der Waals surface area contributed by atoms with E-state index in [0.29, 0.717) is 5.92 Å². The van der Waals surface area contributed by atoms with Crippen LogP contribution in [0.5, 0.6) is 5.75 Å². The first-order valence-corrected chi connectivity index (χ1v) is 7.76. The van der Waals surface area contributed by atoms with Gasteiger partial charge in [0, 0.05) is 5.02 Å². The van der Waals surface area contributed by atoms with Crippen molar-refractivity contribution < 1.29 is 4.74 Å². The van der Waals surface area contributed by atoms with Crippen LogP contribution >= 0.6 is 11.6 Å². The minimum Gasteiger partial charge on any atom is -0.493 e. The molecule has 2 nitrogen and oxygen atoms in total. The van der Waals surface area contributed by atoms with Gasteiger partial charge in [-0.15, -0.1) is 0 Å². The van der Waals surface area contributed by atoms with Crippen molar-refractivity contribution in [1.29, 1.82) is 0 Å². The molecular weight excluding hydrogens is 258 g/mol. The van der Waals surface area contributed by atoms with Gasteiger partial charge in [-0.05, 0) is 62.5 Å². The highest BCUT2D eigenvalue weighted by molar-refractivity contribution is 6.30. The van der Waals surface area contributed by atoms with Crippen LogP contribution < -0.4 is 10.1 Å². The molecule has 0 unspecified atom stereocenters. The zero-order chi connectivity index (χ0) is 13.5. The first kappa shape index (κ1) is 14.7. The molecule has 0 amide bonds.